The van der Waals surface area contributed by atoms with Crippen molar-refractivity contribution in [2.24, 2.45) is 0 Å². The molecule has 0 spiro atoms. The van der Waals surface area contributed by atoms with Gasteiger partial charge in [0.25, 0.3) is 0 Å². The lowest BCUT2D eigenvalue weighted by Gasteiger charge is -2.10. The number of aryl methyl sites for hydroxylation is 1. The number of hydrogen-bond donors (Lipinski definition) is 2. The maximum Gasteiger partial charge on any atom is 0.321 e. The Hall–Kier alpha value is -1.64. The topological polar surface area (TPSA) is 88.2 Å². The number of carbonyl (C=O) groups excluding carboxylic acids is 1. The minimum Gasteiger partial charge on any atom is -0.335 e. The number of halogens is 1. The SMILES string of the molecule is CCC(C)NC(=O)Nc1nc(C)c(-c2ccc(Cl)c(S(C)(=O)=O)c2)s1. The van der Waals surface area contributed by atoms with E-state index in [1.165, 1.54) is 17.4 Å². The third kappa shape index (κ3) is 4.93. The molecule has 0 fully saturated rings. The van der Waals surface area contributed by atoms with Crippen LogP contribution in [-0.4, -0.2) is 31.7 Å². The summed E-state index contributed by atoms with van der Waals surface area (Å²) in [6.45, 7) is 5.70. The second kappa shape index (κ2) is 7.72. The molecular weight excluding hydrogens is 382 g/mol. The molecular formula is C16H20ClN3O3S2. The van der Waals surface area contributed by atoms with Crippen molar-refractivity contribution in [1.29, 1.82) is 0 Å². The first-order chi connectivity index (χ1) is 11.6. The lowest BCUT2D eigenvalue weighted by Crippen LogP contribution is -2.35. The lowest BCUT2D eigenvalue weighted by atomic mass is 10.2. The van der Waals surface area contributed by atoms with Crippen LogP contribution < -0.4 is 10.6 Å². The minimum atomic E-state index is -3.43. The summed E-state index contributed by atoms with van der Waals surface area (Å²) in [6.07, 6.45) is 1.94. The van der Waals surface area contributed by atoms with Gasteiger partial charge in [-0.1, -0.05) is 35.9 Å². The summed E-state index contributed by atoms with van der Waals surface area (Å²) in [5.74, 6) is 0. The Balaban J connectivity index is 2.30. The third-order valence-electron chi connectivity index (χ3n) is 3.60. The summed E-state index contributed by atoms with van der Waals surface area (Å²) in [6, 6.07) is 4.56. The van der Waals surface area contributed by atoms with Crippen LogP contribution in [0.3, 0.4) is 0 Å². The largest absolute Gasteiger partial charge is 0.335 e. The van der Waals surface area contributed by atoms with Gasteiger partial charge in [-0.25, -0.2) is 18.2 Å². The molecule has 2 N–H and O–H groups in total. The number of benzene rings is 1. The molecule has 2 aromatic rings. The van der Waals surface area contributed by atoms with Crippen LogP contribution in [0.4, 0.5) is 9.93 Å². The maximum absolute atomic E-state index is 11.9. The molecule has 9 heteroatoms. The number of carbonyl (C=O) groups is 1. The highest BCUT2D eigenvalue weighted by atomic mass is 35.5. The number of urea groups is 1. The molecule has 0 aliphatic carbocycles. The molecule has 0 saturated heterocycles. The minimum absolute atomic E-state index is 0.0640. The zero-order chi connectivity index (χ0) is 18.8. The van der Waals surface area contributed by atoms with Gasteiger partial charge in [-0.05, 0) is 38.0 Å². The molecule has 1 unspecified atom stereocenters. The van der Waals surface area contributed by atoms with Gasteiger partial charge in [0, 0.05) is 12.3 Å². The van der Waals surface area contributed by atoms with Gasteiger partial charge in [-0.2, -0.15) is 0 Å². The van der Waals surface area contributed by atoms with E-state index >= 15 is 0 Å². The van der Waals surface area contributed by atoms with Crippen molar-refractivity contribution in [2.75, 3.05) is 11.6 Å². The van der Waals surface area contributed by atoms with Crippen molar-refractivity contribution in [3.8, 4) is 10.4 Å². The molecule has 0 aliphatic heterocycles. The first kappa shape index (κ1) is 19.7. The van der Waals surface area contributed by atoms with Crippen LogP contribution in [0.5, 0.6) is 0 Å². The molecule has 1 aromatic heterocycles. The molecule has 2 rings (SSSR count). The third-order valence-corrected chi connectivity index (χ3v) is 6.30. The number of amides is 2. The zero-order valence-corrected chi connectivity index (χ0v) is 16.8. The molecule has 136 valence electrons. The van der Waals surface area contributed by atoms with Gasteiger partial charge in [0.05, 0.1) is 20.5 Å². The van der Waals surface area contributed by atoms with E-state index in [0.29, 0.717) is 16.4 Å². The van der Waals surface area contributed by atoms with Crippen LogP contribution in [-0.2, 0) is 9.84 Å². The lowest BCUT2D eigenvalue weighted by molar-refractivity contribution is 0.249. The average molecular weight is 402 g/mol. The Morgan fingerprint density at radius 3 is 2.68 bits per heavy atom. The standard InChI is InChI=1S/C16H20ClN3O3S2/c1-5-9(2)18-15(21)20-16-19-10(3)14(24-16)11-6-7-12(17)13(8-11)25(4,22)23/h6-9H,5H2,1-4H3,(H2,18,19,20,21). The number of nitrogens with one attached hydrogen (secondary N) is 2. The molecule has 1 atom stereocenters. The first-order valence-corrected chi connectivity index (χ1v) is 10.7. The summed E-state index contributed by atoms with van der Waals surface area (Å²) in [5, 5.41) is 6.14. The molecule has 0 bridgehead atoms. The second-order valence-electron chi connectivity index (χ2n) is 5.76. The van der Waals surface area contributed by atoms with E-state index in [-0.39, 0.29) is 22.0 Å². The fraction of sp³-hybridized carbons (Fsp3) is 0.375. The van der Waals surface area contributed by atoms with Crippen LogP contribution in [0.1, 0.15) is 26.0 Å². The molecule has 1 heterocycles. The van der Waals surface area contributed by atoms with E-state index in [1.54, 1.807) is 19.1 Å². The molecule has 25 heavy (non-hydrogen) atoms. The van der Waals surface area contributed by atoms with Crippen LogP contribution in [0.15, 0.2) is 23.1 Å². The molecule has 0 aliphatic rings. The van der Waals surface area contributed by atoms with Crippen molar-refractivity contribution < 1.29 is 13.2 Å². The van der Waals surface area contributed by atoms with Gasteiger partial charge in [-0.15, -0.1) is 0 Å². The predicted octanol–water partition coefficient (Wildman–Crippen LogP) is 4.10. The number of rotatable bonds is 5. The van der Waals surface area contributed by atoms with Crippen molar-refractivity contribution in [3.05, 3.63) is 28.9 Å². The Kier molecular flexibility index (Phi) is 6.08. The number of nitrogens with zero attached hydrogens (tertiary/aromatic N) is 1. The normalized spacial score (nSPS) is 12.7. The van der Waals surface area contributed by atoms with Crippen LogP contribution >= 0.6 is 22.9 Å². The number of aromatic nitrogens is 1. The van der Waals surface area contributed by atoms with E-state index in [1.807, 2.05) is 13.8 Å². The fourth-order valence-corrected chi connectivity index (χ4v) is 4.36. The summed E-state index contributed by atoms with van der Waals surface area (Å²) < 4.78 is 23.7. The van der Waals surface area contributed by atoms with E-state index < -0.39 is 9.84 Å². The average Bonchev–Trinajstić information content (AvgIpc) is 2.86. The highest BCUT2D eigenvalue weighted by molar-refractivity contribution is 7.90. The number of sulfone groups is 1. The van der Waals surface area contributed by atoms with Gasteiger partial charge < -0.3 is 5.32 Å². The van der Waals surface area contributed by atoms with Crippen LogP contribution in [0, 0.1) is 6.92 Å². The molecule has 0 radical (unpaired) electrons. The summed E-state index contributed by atoms with van der Waals surface area (Å²) in [7, 11) is -3.43. The maximum atomic E-state index is 11.9. The van der Waals surface area contributed by atoms with Crippen molar-refractivity contribution in [1.82, 2.24) is 10.3 Å². The number of anilines is 1. The monoisotopic (exact) mass is 401 g/mol. The molecule has 0 saturated carbocycles. The predicted molar refractivity (Wildman–Crippen MR) is 102 cm³/mol. The van der Waals surface area contributed by atoms with E-state index in [2.05, 4.69) is 15.6 Å². The first-order valence-electron chi connectivity index (χ1n) is 7.66. The fourth-order valence-electron chi connectivity index (χ4n) is 2.11. The molecule has 6 nitrogen and oxygen atoms in total. The highest BCUT2D eigenvalue weighted by Gasteiger charge is 2.17. The van der Waals surface area contributed by atoms with Gasteiger partial charge in [0.2, 0.25) is 0 Å². The van der Waals surface area contributed by atoms with Crippen molar-refractivity contribution in [3.63, 3.8) is 0 Å². The number of hydrogen-bond acceptors (Lipinski definition) is 5. The van der Waals surface area contributed by atoms with Crippen molar-refractivity contribution >= 4 is 43.9 Å². The summed E-state index contributed by atoms with van der Waals surface area (Å²) in [5.41, 5.74) is 1.39. The van der Waals surface area contributed by atoms with Gasteiger partial charge in [0.1, 0.15) is 0 Å². The summed E-state index contributed by atoms with van der Waals surface area (Å²) in [4.78, 5) is 17.1. The smallest absolute Gasteiger partial charge is 0.321 e. The van der Waals surface area contributed by atoms with Crippen LogP contribution in [0.2, 0.25) is 5.02 Å². The van der Waals surface area contributed by atoms with Gasteiger partial charge >= 0.3 is 6.03 Å². The molecule has 2 amide bonds. The quantitative estimate of drug-likeness (QED) is 0.789. The highest BCUT2D eigenvalue weighted by Crippen LogP contribution is 2.35. The summed E-state index contributed by atoms with van der Waals surface area (Å²) >= 11 is 7.27. The van der Waals surface area contributed by atoms with E-state index in [4.69, 9.17) is 11.6 Å². The Morgan fingerprint density at radius 2 is 2.08 bits per heavy atom. The molecule has 1 aromatic carbocycles. The second-order valence-corrected chi connectivity index (χ2v) is 9.15. The van der Waals surface area contributed by atoms with Gasteiger partial charge in [-0.3, -0.25) is 5.32 Å². The Morgan fingerprint density at radius 1 is 1.40 bits per heavy atom. The van der Waals surface area contributed by atoms with Crippen molar-refractivity contribution in [2.45, 2.75) is 38.1 Å². The Labute approximate surface area is 156 Å². The Bertz CT molecular complexity index is 894. The van der Waals surface area contributed by atoms with E-state index in [0.717, 1.165) is 17.6 Å². The van der Waals surface area contributed by atoms with Gasteiger partial charge in [0.15, 0.2) is 15.0 Å². The zero-order valence-electron chi connectivity index (χ0n) is 14.4. The van der Waals surface area contributed by atoms with E-state index in [9.17, 15) is 13.2 Å². The van der Waals surface area contributed by atoms with Crippen LogP contribution in [0.25, 0.3) is 10.4 Å². The number of thiazole rings is 1.